The van der Waals surface area contributed by atoms with Crippen molar-refractivity contribution in [2.45, 2.75) is 0 Å². The maximum Gasteiger partial charge on any atom is 3.00 e. The van der Waals surface area contributed by atoms with Crippen molar-refractivity contribution in [1.82, 2.24) is 0 Å². The summed E-state index contributed by atoms with van der Waals surface area (Å²) in [6, 6.07) is 0. The van der Waals surface area contributed by atoms with Crippen LogP contribution in [0.4, 0.5) is 4.79 Å². The van der Waals surface area contributed by atoms with Crippen LogP contribution >= 0.6 is 0 Å². The van der Waals surface area contributed by atoms with Crippen LogP contribution in [0.2, 0.25) is 0 Å². The maximum atomic E-state index is 8.33. The van der Waals surface area contributed by atoms with Gasteiger partial charge in [-0.05, 0) is 6.16 Å². The molecule has 0 aromatic carbocycles. The van der Waals surface area contributed by atoms with E-state index in [0.29, 0.717) is 0 Å². The summed E-state index contributed by atoms with van der Waals surface area (Å²) in [5.41, 5.74) is 0. The average molecular weight is 105 g/mol. The number of rotatable bonds is 0. The average Bonchev–Trinajstić information content (AvgIpc) is 0.811. The third kappa shape index (κ3) is 966. The monoisotopic (exact) mass is 105 g/mol. The van der Waals surface area contributed by atoms with Gasteiger partial charge in [-0.15, -0.1) is 0 Å². The topological polar surface area (TPSA) is 63.2 Å². The predicted molar refractivity (Wildman–Crippen MR) is 5.40 cm³/mol. The first-order valence-electron chi connectivity index (χ1n) is 0.612. The van der Waals surface area contributed by atoms with Gasteiger partial charge in [0.2, 0.25) is 0 Å². The SMILES string of the molecule is O=C([O-])[O-].[Sc+3]. The van der Waals surface area contributed by atoms with Crippen LogP contribution < -0.4 is 10.2 Å². The van der Waals surface area contributed by atoms with Gasteiger partial charge in [0.25, 0.3) is 0 Å². The summed E-state index contributed by atoms with van der Waals surface area (Å²) in [5.74, 6) is 0. The zero-order chi connectivity index (χ0) is 3.58. The van der Waals surface area contributed by atoms with Gasteiger partial charge in [0.1, 0.15) is 0 Å². The Bertz CT molecular complexity index is 29.9. The minimum absolute atomic E-state index is 0. The molecule has 0 saturated carbocycles. The van der Waals surface area contributed by atoms with E-state index in [-0.39, 0.29) is 25.8 Å². The first-order chi connectivity index (χ1) is 1.73. The Balaban J connectivity index is 0. The number of hydrogen-bond donors (Lipinski definition) is 0. The van der Waals surface area contributed by atoms with E-state index < -0.39 is 6.16 Å². The normalized spacial score (nSPS) is 4.80. The van der Waals surface area contributed by atoms with Gasteiger partial charge in [-0.1, -0.05) is 0 Å². The molecule has 0 fully saturated rings. The molecule has 4 heteroatoms. The largest absolute Gasteiger partial charge is 3.00 e. The van der Waals surface area contributed by atoms with Crippen LogP contribution in [-0.4, -0.2) is 6.16 Å². The molecule has 0 bridgehead atoms. The summed E-state index contributed by atoms with van der Waals surface area (Å²) in [7, 11) is 0. The second-order valence-corrected chi connectivity index (χ2v) is 0.250. The third-order valence-corrected chi connectivity index (χ3v) is 0. The molecule has 0 radical (unpaired) electrons. The quantitative estimate of drug-likeness (QED) is 0.343. The van der Waals surface area contributed by atoms with E-state index in [1.165, 1.54) is 0 Å². The zero-order valence-corrected chi connectivity index (χ0v) is 4.11. The van der Waals surface area contributed by atoms with Crippen molar-refractivity contribution in [1.29, 1.82) is 0 Å². The molecule has 0 atom stereocenters. The molecule has 0 aliphatic rings. The maximum absolute atomic E-state index is 8.33. The van der Waals surface area contributed by atoms with Gasteiger partial charge in [-0.2, -0.15) is 0 Å². The minimum atomic E-state index is -2.33. The first kappa shape index (κ1) is 8.94. The number of hydrogen-bond acceptors (Lipinski definition) is 3. The minimum Gasteiger partial charge on any atom is -0.652 e. The third-order valence-electron chi connectivity index (χ3n) is 0. The summed E-state index contributed by atoms with van der Waals surface area (Å²) in [6.45, 7) is 0. The second kappa shape index (κ2) is 4.14. The Hall–Kier alpha value is 0.140. The number of carbonyl (C=O) groups is 1. The fraction of sp³-hybridized carbons (Fsp3) is 0. The van der Waals surface area contributed by atoms with E-state index in [1.54, 1.807) is 0 Å². The Labute approximate surface area is 47.4 Å². The van der Waals surface area contributed by atoms with E-state index in [1.807, 2.05) is 0 Å². The van der Waals surface area contributed by atoms with Crippen molar-refractivity contribution in [3.63, 3.8) is 0 Å². The Morgan fingerprint density at radius 2 is 1.40 bits per heavy atom. The molecule has 0 aliphatic carbocycles. The second-order valence-electron chi connectivity index (χ2n) is 0.250. The van der Waals surface area contributed by atoms with Crippen molar-refractivity contribution in [3.05, 3.63) is 0 Å². The molecule has 0 aromatic heterocycles. The van der Waals surface area contributed by atoms with Crippen LogP contribution in [0, 0.1) is 0 Å². The van der Waals surface area contributed by atoms with Crippen LogP contribution in [0.3, 0.4) is 0 Å². The van der Waals surface area contributed by atoms with Gasteiger partial charge in [-0.25, -0.2) is 0 Å². The fourth-order valence-electron chi connectivity index (χ4n) is 0. The van der Waals surface area contributed by atoms with Gasteiger partial charge in [0.15, 0.2) is 0 Å². The molecule has 0 heterocycles. The summed E-state index contributed by atoms with van der Waals surface area (Å²) in [5, 5.41) is 16.7. The Morgan fingerprint density at radius 3 is 1.40 bits per heavy atom. The van der Waals surface area contributed by atoms with Gasteiger partial charge >= 0.3 is 25.8 Å². The molecule has 0 unspecified atom stereocenters. The van der Waals surface area contributed by atoms with E-state index in [0.717, 1.165) is 0 Å². The first-order valence-corrected chi connectivity index (χ1v) is 0.612. The van der Waals surface area contributed by atoms with Crippen LogP contribution in [0.5, 0.6) is 0 Å². The Kier molecular flexibility index (Phi) is 7.40. The van der Waals surface area contributed by atoms with Crippen LogP contribution in [0.25, 0.3) is 0 Å². The summed E-state index contributed by atoms with van der Waals surface area (Å²) >= 11 is 0. The Morgan fingerprint density at radius 1 is 1.40 bits per heavy atom. The van der Waals surface area contributed by atoms with E-state index in [4.69, 9.17) is 15.0 Å². The van der Waals surface area contributed by atoms with Gasteiger partial charge in [0.05, 0.1) is 0 Å². The summed E-state index contributed by atoms with van der Waals surface area (Å²) in [6.07, 6.45) is -2.33. The molecule has 0 rings (SSSR count). The number of carboxylic acid groups (broad SMARTS) is 2. The molecule has 5 heavy (non-hydrogen) atoms. The molecule has 0 aromatic rings. The molecule has 3 nitrogen and oxygen atoms in total. The predicted octanol–water partition coefficient (Wildman–Crippen LogP) is -2.45. The number of carbonyl (C=O) groups excluding carboxylic acids is 1. The van der Waals surface area contributed by atoms with Gasteiger partial charge in [-0.3, -0.25) is 0 Å². The molecule has 0 spiro atoms. The van der Waals surface area contributed by atoms with Crippen LogP contribution in [-0.2, 0) is 25.8 Å². The molecular weight excluding hydrogens is 105 g/mol. The van der Waals surface area contributed by atoms with E-state index in [9.17, 15) is 0 Å². The molecule has 0 saturated heterocycles. The summed E-state index contributed by atoms with van der Waals surface area (Å²) < 4.78 is 0. The zero-order valence-electron chi connectivity index (χ0n) is 2.30. The van der Waals surface area contributed by atoms with Crippen molar-refractivity contribution < 1.29 is 40.9 Å². The van der Waals surface area contributed by atoms with Crippen LogP contribution in [0.15, 0.2) is 0 Å². The van der Waals surface area contributed by atoms with E-state index in [2.05, 4.69) is 0 Å². The van der Waals surface area contributed by atoms with Gasteiger partial charge in [0, 0.05) is 0 Å². The smallest absolute Gasteiger partial charge is 0.652 e. The van der Waals surface area contributed by atoms with Crippen molar-refractivity contribution in [2.24, 2.45) is 0 Å². The molecule has 0 aliphatic heterocycles. The van der Waals surface area contributed by atoms with E-state index >= 15 is 0 Å². The standard InChI is InChI=1S/CH2O3.Sc/c2-1(3)4;/h(H2,2,3,4);/q;+3/p-2. The van der Waals surface area contributed by atoms with Crippen LogP contribution in [0.1, 0.15) is 0 Å². The molecule has 0 N–H and O–H groups in total. The molecule has 0 amide bonds. The van der Waals surface area contributed by atoms with Crippen molar-refractivity contribution in [3.8, 4) is 0 Å². The van der Waals surface area contributed by atoms with Crippen molar-refractivity contribution in [2.75, 3.05) is 0 Å². The summed E-state index contributed by atoms with van der Waals surface area (Å²) in [4.78, 5) is 8.33. The fourth-order valence-corrected chi connectivity index (χ4v) is 0. The van der Waals surface area contributed by atoms with Gasteiger partial charge < -0.3 is 15.0 Å². The molecule has 24 valence electrons. The molecular formula is CO3Sc+. The van der Waals surface area contributed by atoms with Crippen molar-refractivity contribution >= 4 is 6.16 Å².